The molecule has 3 rings (SSSR count). The zero-order chi connectivity index (χ0) is 23.0. The molecule has 0 saturated heterocycles. The van der Waals surface area contributed by atoms with Gasteiger partial charge in [-0.05, 0) is 24.3 Å². The van der Waals surface area contributed by atoms with Gasteiger partial charge < -0.3 is 10.4 Å². The summed E-state index contributed by atoms with van der Waals surface area (Å²) in [7, 11) is 0. The molecule has 0 unspecified atom stereocenters. The van der Waals surface area contributed by atoms with Gasteiger partial charge in [-0.1, -0.05) is 30.3 Å². The van der Waals surface area contributed by atoms with Gasteiger partial charge in [0.25, 0.3) is 0 Å². The number of benzene rings is 2. The van der Waals surface area contributed by atoms with Crippen LogP contribution in [0, 0.1) is 0 Å². The summed E-state index contributed by atoms with van der Waals surface area (Å²) in [5.74, 6) is -13.9. The molecule has 31 heavy (non-hydrogen) atoms. The van der Waals surface area contributed by atoms with E-state index in [1.165, 1.54) is 48.5 Å². The van der Waals surface area contributed by atoms with E-state index >= 15 is 0 Å². The molecule has 0 bridgehead atoms. The van der Waals surface area contributed by atoms with Crippen molar-refractivity contribution in [3.8, 4) is 5.69 Å². The van der Waals surface area contributed by atoms with Gasteiger partial charge in [0.15, 0.2) is 0 Å². The van der Waals surface area contributed by atoms with Crippen molar-refractivity contribution >= 4 is 17.5 Å². The van der Waals surface area contributed by atoms with Crippen molar-refractivity contribution in [3.63, 3.8) is 0 Å². The highest BCUT2D eigenvalue weighted by molar-refractivity contribution is 5.95. The van der Waals surface area contributed by atoms with Crippen LogP contribution in [0.25, 0.3) is 5.69 Å². The molecule has 3 aromatic rings. The smallest absolute Gasteiger partial charge is 0.460 e. The Bertz CT molecular complexity index is 1100. The van der Waals surface area contributed by atoms with Crippen molar-refractivity contribution in [2.75, 3.05) is 5.32 Å². The zero-order valence-corrected chi connectivity index (χ0v) is 15.2. The molecule has 2 aromatic carbocycles. The molecule has 0 radical (unpaired) electrons. The van der Waals surface area contributed by atoms with Gasteiger partial charge in [0.05, 0.1) is 16.9 Å². The first-order chi connectivity index (χ1) is 14.4. The number of alkyl halides is 7. The van der Waals surface area contributed by atoms with Gasteiger partial charge in [-0.25, -0.2) is 9.48 Å². The van der Waals surface area contributed by atoms with E-state index in [-0.39, 0.29) is 16.9 Å². The summed E-state index contributed by atoms with van der Waals surface area (Å²) in [4.78, 5) is 11.4. The van der Waals surface area contributed by atoms with Crippen molar-refractivity contribution in [2.24, 2.45) is 0 Å². The number of aromatic nitrogens is 2. The van der Waals surface area contributed by atoms with Gasteiger partial charge in [0.1, 0.15) is 11.5 Å². The molecule has 0 aliphatic rings. The number of nitrogens with zero attached hydrogens (tertiary/aromatic N) is 2. The van der Waals surface area contributed by atoms with Gasteiger partial charge >= 0.3 is 24.0 Å². The molecule has 1 heterocycles. The lowest BCUT2D eigenvalue weighted by atomic mass is 10.1. The van der Waals surface area contributed by atoms with Crippen LogP contribution in [-0.4, -0.2) is 33.0 Å². The summed E-state index contributed by atoms with van der Waals surface area (Å²) in [5, 5.41) is 15.0. The fourth-order valence-corrected chi connectivity index (χ4v) is 2.65. The predicted molar refractivity (Wildman–Crippen MR) is 95.1 cm³/mol. The van der Waals surface area contributed by atoms with Crippen molar-refractivity contribution in [1.29, 1.82) is 0 Å². The van der Waals surface area contributed by atoms with E-state index in [1.54, 1.807) is 6.07 Å². The second-order valence-corrected chi connectivity index (χ2v) is 6.28. The van der Waals surface area contributed by atoms with Crippen molar-refractivity contribution in [1.82, 2.24) is 9.78 Å². The van der Waals surface area contributed by atoms with Crippen molar-refractivity contribution in [3.05, 3.63) is 71.9 Å². The number of carboxylic acid groups (broad SMARTS) is 1. The van der Waals surface area contributed by atoms with E-state index in [4.69, 9.17) is 0 Å². The minimum Gasteiger partial charge on any atom is -0.478 e. The molecule has 0 atom stereocenters. The Hall–Kier alpha value is -3.57. The van der Waals surface area contributed by atoms with Crippen LogP contribution in [0.15, 0.2) is 60.7 Å². The Morgan fingerprint density at radius 1 is 0.903 bits per heavy atom. The van der Waals surface area contributed by atoms with Crippen molar-refractivity contribution < 1.29 is 40.6 Å². The molecular weight excluding hydrogens is 435 g/mol. The minimum atomic E-state index is -6.53. The lowest BCUT2D eigenvalue weighted by molar-refractivity contribution is -0.360. The van der Waals surface area contributed by atoms with Crippen LogP contribution in [0.4, 0.5) is 42.2 Å². The maximum absolute atomic E-state index is 14.2. The molecule has 0 spiro atoms. The normalized spacial score (nSPS) is 12.6. The number of carboxylic acids is 1. The number of hydrogen-bond donors (Lipinski definition) is 2. The van der Waals surface area contributed by atoms with E-state index in [0.717, 1.165) is 0 Å². The average Bonchev–Trinajstić information content (AvgIpc) is 3.12. The number of aromatic carboxylic acids is 1. The molecule has 12 heteroatoms. The summed E-state index contributed by atoms with van der Waals surface area (Å²) in [6, 6.07) is 12.7. The molecule has 2 N–H and O–H groups in total. The zero-order valence-electron chi connectivity index (χ0n) is 15.2. The van der Waals surface area contributed by atoms with Crippen molar-refractivity contribution in [2.45, 2.75) is 18.0 Å². The van der Waals surface area contributed by atoms with E-state index in [9.17, 15) is 40.6 Å². The third-order valence-electron chi connectivity index (χ3n) is 4.20. The molecule has 164 valence electrons. The highest BCUT2D eigenvalue weighted by Gasteiger charge is 2.74. The molecule has 0 aliphatic carbocycles. The first kappa shape index (κ1) is 22.1. The first-order valence-electron chi connectivity index (χ1n) is 8.44. The van der Waals surface area contributed by atoms with Crippen LogP contribution in [0.2, 0.25) is 0 Å². The third-order valence-corrected chi connectivity index (χ3v) is 4.20. The molecule has 0 aliphatic heterocycles. The Balaban J connectivity index is 2.16. The first-order valence-corrected chi connectivity index (χ1v) is 8.44. The Labute approximate surface area is 169 Å². The Kier molecular flexibility index (Phi) is 5.42. The van der Waals surface area contributed by atoms with Crippen LogP contribution >= 0.6 is 0 Å². The standard InChI is InChI=1S/C19H12F7N3O2/c20-17(21,18(22,23)19(24,25)26)14-10-15(29(28-14)11-6-2-1-3-7-11)27-13-9-5-4-8-12(13)16(30)31/h1-10,27H,(H,30,31). The molecule has 1 aromatic heterocycles. The number of nitrogens with one attached hydrogen (secondary N) is 1. The molecule has 0 fully saturated rings. The summed E-state index contributed by atoms with van der Waals surface area (Å²) in [6.45, 7) is 0. The highest BCUT2D eigenvalue weighted by atomic mass is 19.4. The van der Waals surface area contributed by atoms with E-state index in [0.29, 0.717) is 10.7 Å². The van der Waals surface area contributed by atoms with Crippen LogP contribution in [0.5, 0.6) is 0 Å². The average molecular weight is 447 g/mol. The minimum absolute atomic E-state index is 0.0511. The fraction of sp³-hybridized carbons (Fsp3) is 0.158. The maximum Gasteiger partial charge on any atom is 0.460 e. The second-order valence-electron chi connectivity index (χ2n) is 6.28. The van der Waals surface area contributed by atoms with Gasteiger partial charge in [-0.15, -0.1) is 0 Å². The van der Waals surface area contributed by atoms with Crippen LogP contribution in [0.1, 0.15) is 16.1 Å². The lowest BCUT2D eigenvalue weighted by Gasteiger charge is -2.26. The van der Waals surface area contributed by atoms with Crippen LogP contribution < -0.4 is 5.32 Å². The number of para-hydroxylation sites is 2. The highest BCUT2D eigenvalue weighted by Crippen LogP contribution is 2.51. The SMILES string of the molecule is O=C(O)c1ccccc1Nc1cc(C(F)(F)C(F)(F)C(F)(F)F)nn1-c1ccccc1. The largest absolute Gasteiger partial charge is 0.478 e. The second kappa shape index (κ2) is 7.60. The van der Waals surface area contributed by atoms with Crippen LogP contribution in [0.3, 0.4) is 0 Å². The summed E-state index contributed by atoms with van der Waals surface area (Å²) in [6.07, 6.45) is -6.53. The molecule has 0 amide bonds. The van der Waals surface area contributed by atoms with Gasteiger partial charge in [0, 0.05) is 6.07 Å². The lowest BCUT2D eigenvalue weighted by Crippen LogP contribution is -2.50. The quantitative estimate of drug-likeness (QED) is 0.483. The van der Waals surface area contributed by atoms with E-state index in [2.05, 4.69) is 10.4 Å². The summed E-state index contributed by atoms with van der Waals surface area (Å²) >= 11 is 0. The van der Waals surface area contributed by atoms with Gasteiger partial charge in [0.2, 0.25) is 0 Å². The number of halogens is 7. The third kappa shape index (κ3) is 3.92. The fourth-order valence-electron chi connectivity index (χ4n) is 2.65. The summed E-state index contributed by atoms with van der Waals surface area (Å²) in [5.41, 5.74) is -2.22. The van der Waals surface area contributed by atoms with E-state index < -0.39 is 35.5 Å². The Morgan fingerprint density at radius 3 is 2.06 bits per heavy atom. The van der Waals surface area contributed by atoms with Crippen LogP contribution in [-0.2, 0) is 5.92 Å². The molecule has 5 nitrogen and oxygen atoms in total. The van der Waals surface area contributed by atoms with Gasteiger partial charge in [-0.3, -0.25) is 0 Å². The summed E-state index contributed by atoms with van der Waals surface area (Å²) < 4.78 is 93.9. The monoisotopic (exact) mass is 447 g/mol. The van der Waals surface area contributed by atoms with E-state index in [1.807, 2.05) is 0 Å². The molecule has 0 saturated carbocycles. The maximum atomic E-state index is 14.2. The number of anilines is 2. The van der Waals surface area contributed by atoms with Gasteiger partial charge in [-0.2, -0.15) is 35.8 Å². The topological polar surface area (TPSA) is 67.2 Å². The number of rotatable bonds is 6. The number of hydrogen-bond acceptors (Lipinski definition) is 3. The predicted octanol–water partition coefficient (Wildman–Crippen LogP) is 5.60. The number of carbonyl (C=O) groups is 1. The Morgan fingerprint density at radius 2 is 1.48 bits per heavy atom. The molecular formula is C19H12F7N3O2.